The van der Waals surface area contributed by atoms with Gasteiger partial charge in [0.15, 0.2) is 0 Å². The minimum absolute atomic E-state index is 0.871. The number of fused-ring (bicyclic) bond motifs is 1. The lowest BCUT2D eigenvalue weighted by molar-refractivity contribution is 0.0595. The highest BCUT2D eigenvalue weighted by Gasteiger charge is 2.32. The molecule has 0 bridgehead atoms. The number of piperidine rings is 1. The number of nitrogens with two attached hydrogens (primary N) is 1. The Morgan fingerprint density at radius 1 is 0.833 bits per heavy atom. The summed E-state index contributed by atoms with van der Waals surface area (Å²) in [4.78, 5) is 2.83. The summed E-state index contributed by atoms with van der Waals surface area (Å²) in [7, 11) is 0. The van der Waals surface area contributed by atoms with Gasteiger partial charge in [-0.15, -0.1) is 0 Å². The number of unbranched alkanes of at least 4 members (excludes halogenated alkanes) is 4. The van der Waals surface area contributed by atoms with E-state index >= 15 is 0 Å². The average Bonchev–Trinajstić information content (AvgIpc) is 2.43. The van der Waals surface area contributed by atoms with Crippen molar-refractivity contribution in [3.63, 3.8) is 0 Å². The standard InChI is InChI=1S/C16H32N2/c17-12-6-2-1-3-7-13-18-14-8-10-15-9-4-5-11-16(15)18/h15-16H,1-14,17H2. The highest BCUT2D eigenvalue weighted by molar-refractivity contribution is 4.87. The zero-order chi connectivity index (χ0) is 12.6. The molecule has 0 spiro atoms. The molecule has 1 aliphatic heterocycles. The van der Waals surface area contributed by atoms with Gasteiger partial charge in [-0.2, -0.15) is 0 Å². The Balaban J connectivity index is 1.62. The maximum atomic E-state index is 5.53. The zero-order valence-electron chi connectivity index (χ0n) is 12.1. The molecule has 2 fully saturated rings. The third-order valence-corrected chi connectivity index (χ3v) is 5.01. The molecule has 1 aliphatic carbocycles. The monoisotopic (exact) mass is 252 g/mol. The largest absolute Gasteiger partial charge is 0.330 e. The van der Waals surface area contributed by atoms with E-state index in [4.69, 9.17) is 5.73 Å². The second-order valence-corrected chi connectivity index (χ2v) is 6.35. The molecule has 1 saturated carbocycles. The molecule has 106 valence electrons. The second kappa shape index (κ2) is 8.16. The first-order valence-corrected chi connectivity index (χ1v) is 8.36. The molecule has 0 radical (unpaired) electrons. The molecule has 1 heterocycles. The molecule has 0 amide bonds. The predicted octanol–water partition coefficient (Wildman–Crippen LogP) is 3.55. The van der Waals surface area contributed by atoms with Crippen molar-refractivity contribution in [2.45, 2.75) is 76.7 Å². The number of nitrogens with zero attached hydrogens (tertiary/aromatic N) is 1. The van der Waals surface area contributed by atoms with Crippen molar-refractivity contribution in [2.75, 3.05) is 19.6 Å². The molecular formula is C16H32N2. The van der Waals surface area contributed by atoms with Crippen LogP contribution in [0.15, 0.2) is 0 Å². The van der Waals surface area contributed by atoms with Gasteiger partial charge < -0.3 is 10.6 Å². The van der Waals surface area contributed by atoms with Crippen LogP contribution in [0.1, 0.15) is 70.6 Å². The Morgan fingerprint density at radius 3 is 2.44 bits per heavy atom. The van der Waals surface area contributed by atoms with Gasteiger partial charge in [-0.1, -0.05) is 32.1 Å². The van der Waals surface area contributed by atoms with Crippen LogP contribution in [-0.4, -0.2) is 30.6 Å². The first kappa shape index (κ1) is 14.3. The Kier molecular flexibility index (Phi) is 6.50. The summed E-state index contributed by atoms with van der Waals surface area (Å²) in [6.45, 7) is 3.61. The van der Waals surface area contributed by atoms with Crippen LogP contribution in [0.25, 0.3) is 0 Å². The van der Waals surface area contributed by atoms with Gasteiger partial charge in [0.2, 0.25) is 0 Å². The van der Waals surface area contributed by atoms with Crippen LogP contribution in [0.3, 0.4) is 0 Å². The Labute approximate surface area is 113 Å². The van der Waals surface area contributed by atoms with E-state index in [1.807, 2.05) is 0 Å². The van der Waals surface area contributed by atoms with E-state index in [2.05, 4.69) is 4.90 Å². The third-order valence-electron chi connectivity index (χ3n) is 5.01. The van der Waals surface area contributed by atoms with Crippen LogP contribution in [0.4, 0.5) is 0 Å². The van der Waals surface area contributed by atoms with Crippen molar-refractivity contribution in [3.8, 4) is 0 Å². The molecule has 2 unspecified atom stereocenters. The van der Waals surface area contributed by atoms with Crippen LogP contribution in [0.5, 0.6) is 0 Å². The average molecular weight is 252 g/mol. The zero-order valence-corrected chi connectivity index (χ0v) is 12.1. The van der Waals surface area contributed by atoms with Crippen molar-refractivity contribution in [2.24, 2.45) is 11.7 Å². The lowest BCUT2D eigenvalue weighted by Crippen LogP contribution is -2.46. The molecule has 2 heteroatoms. The van der Waals surface area contributed by atoms with E-state index in [1.165, 1.54) is 83.7 Å². The van der Waals surface area contributed by atoms with Crippen molar-refractivity contribution >= 4 is 0 Å². The van der Waals surface area contributed by atoms with Crippen molar-refractivity contribution in [3.05, 3.63) is 0 Å². The van der Waals surface area contributed by atoms with Gasteiger partial charge in [0, 0.05) is 6.04 Å². The molecule has 0 aromatic heterocycles. The second-order valence-electron chi connectivity index (χ2n) is 6.35. The fraction of sp³-hybridized carbons (Fsp3) is 1.00. The summed E-state index contributed by atoms with van der Waals surface area (Å²) in [6.07, 6.45) is 15.7. The molecule has 2 nitrogen and oxygen atoms in total. The van der Waals surface area contributed by atoms with E-state index in [0.717, 1.165) is 18.5 Å². The first-order valence-electron chi connectivity index (χ1n) is 8.36. The minimum atomic E-state index is 0.871. The summed E-state index contributed by atoms with van der Waals surface area (Å²) in [5.74, 6) is 1.05. The fourth-order valence-electron chi connectivity index (χ4n) is 4.00. The van der Waals surface area contributed by atoms with Gasteiger partial charge in [0.05, 0.1) is 0 Å². The summed E-state index contributed by atoms with van der Waals surface area (Å²) in [6, 6.07) is 0.955. The van der Waals surface area contributed by atoms with Gasteiger partial charge in [-0.05, 0) is 64.1 Å². The van der Waals surface area contributed by atoms with Gasteiger partial charge in [-0.3, -0.25) is 0 Å². The predicted molar refractivity (Wildman–Crippen MR) is 78.7 cm³/mol. The van der Waals surface area contributed by atoms with Crippen LogP contribution < -0.4 is 5.73 Å². The fourth-order valence-corrected chi connectivity index (χ4v) is 4.00. The van der Waals surface area contributed by atoms with Gasteiger partial charge in [-0.25, -0.2) is 0 Å². The topological polar surface area (TPSA) is 29.3 Å². The molecule has 2 rings (SSSR count). The van der Waals surface area contributed by atoms with Crippen molar-refractivity contribution in [1.82, 2.24) is 4.90 Å². The maximum Gasteiger partial charge on any atom is 0.0123 e. The Bertz CT molecular complexity index is 215. The smallest absolute Gasteiger partial charge is 0.0123 e. The highest BCUT2D eigenvalue weighted by Crippen LogP contribution is 2.35. The Morgan fingerprint density at radius 2 is 1.56 bits per heavy atom. The molecule has 1 saturated heterocycles. The maximum absolute atomic E-state index is 5.53. The van der Waals surface area contributed by atoms with Crippen LogP contribution in [-0.2, 0) is 0 Å². The van der Waals surface area contributed by atoms with Crippen LogP contribution in [0, 0.1) is 5.92 Å². The molecule has 0 aromatic carbocycles. The van der Waals surface area contributed by atoms with Crippen LogP contribution >= 0.6 is 0 Å². The number of hydrogen-bond donors (Lipinski definition) is 1. The molecule has 2 N–H and O–H groups in total. The molecule has 18 heavy (non-hydrogen) atoms. The summed E-state index contributed by atoms with van der Waals surface area (Å²) in [5.41, 5.74) is 5.53. The van der Waals surface area contributed by atoms with E-state index in [9.17, 15) is 0 Å². The SMILES string of the molecule is NCCCCCCCN1CCCC2CCCCC21. The third kappa shape index (κ3) is 4.24. The molecular weight excluding hydrogens is 220 g/mol. The summed E-state index contributed by atoms with van der Waals surface area (Å²) >= 11 is 0. The van der Waals surface area contributed by atoms with Crippen molar-refractivity contribution in [1.29, 1.82) is 0 Å². The number of hydrogen-bond acceptors (Lipinski definition) is 2. The number of likely N-dealkylation sites (tertiary alicyclic amines) is 1. The number of rotatable bonds is 7. The van der Waals surface area contributed by atoms with Crippen LogP contribution in [0.2, 0.25) is 0 Å². The van der Waals surface area contributed by atoms with E-state index in [1.54, 1.807) is 0 Å². The molecule has 2 aliphatic rings. The normalized spacial score (nSPS) is 29.2. The van der Waals surface area contributed by atoms with E-state index in [-0.39, 0.29) is 0 Å². The first-order chi connectivity index (χ1) is 8.92. The molecule has 2 atom stereocenters. The lowest BCUT2D eigenvalue weighted by atomic mass is 9.78. The summed E-state index contributed by atoms with van der Waals surface area (Å²) < 4.78 is 0. The van der Waals surface area contributed by atoms with Gasteiger partial charge >= 0.3 is 0 Å². The quantitative estimate of drug-likeness (QED) is 0.702. The van der Waals surface area contributed by atoms with Crippen molar-refractivity contribution < 1.29 is 0 Å². The van der Waals surface area contributed by atoms with E-state index in [0.29, 0.717) is 0 Å². The summed E-state index contributed by atoms with van der Waals surface area (Å²) in [5, 5.41) is 0. The lowest BCUT2D eigenvalue weighted by Gasteiger charge is -2.44. The van der Waals surface area contributed by atoms with E-state index < -0.39 is 0 Å². The minimum Gasteiger partial charge on any atom is -0.330 e. The van der Waals surface area contributed by atoms with Gasteiger partial charge in [0.25, 0.3) is 0 Å². The highest BCUT2D eigenvalue weighted by atomic mass is 15.2. The molecule has 0 aromatic rings. The Hall–Kier alpha value is -0.0800. The van der Waals surface area contributed by atoms with Gasteiger partial charge in [0.1, 0.15) is 0 Å².